The van der Waals surface area contributed by atoms with E-state index in [2.05, 4.69) is 38.0 Å². The lowest BCUT2D eigenvalue weighted by Gasteiger charge is -2.38. The average molecular weight is 304 g/mol. The molecule has 1 aliphatic rings. The van der Waals surface area contributed by atoms with Gasteiger partial charge in [-0.05, 0) is 30.5 Å². The Bertz CT molecular complexity index is 576. The molecule has 0 bridgehead atoms. The zero-order valence-electron chi connectivity index (χ0n) is 12.4. The van der Waals surface area contributed by atoms with Crippen LogP contribution in [0.15, 0.2) is 41.8 Å². The molecule has 0 N–H and O–H groups in total. The summed E-state index contributed by atoms with van der Waals surface area (Å²) in [7, 11) is 1.70. The predicted molar refractivity (Wildman–Crippen MR) is 87.2 cm³/mol. The minimum atomic E-state index is 0.903. The van der Waals surface area contributed by atoms with Gasteiger partial charge < -0.3 is 14.6 Å². The maximum absolute atomic E-state index is 5.21. The van der Waals surface area contributed by atoms with Gasteiger partial charge in [0.1, 0.15) is 5.75 Å². The van der Waals surface area contributed by atoms with Crippen molar-refractivity contribution in [3.63, 3.8) is 0 Å². The third-order valence-corrected chi connectivity index (χ3v) is 4.43. The molecule has 3 rings (SSSR count). The number of anilines is 1. The first-order valence-corrected chi connectivity index (χ1v) is 8.26. The smallest absolute Gasteiger partial charge is 0.186 e. The number of benzene rings is 1. The highest BCUT2D eigenvalue weighted by Crippen LogP contribution is 2.21. The molecule has 1 aromatic heterocycles. The van der Waals surface area contributed by atoms with Crippen molar-refractivity contribution >= 4 is 17.4 Å². The summed E-state index contributed by atoms with van der Waals surface area (Å²) in [5.41, 5.74) is 1.26. The molecule has 0 aliphatic carbocycles. The molecule has 0 amide bonds. The highest BCUT2D eigenvalue weighted by atomic mass is 32.2. The summed E-state index contributed by atoms with van der Waals surface area (Å²) in [4.78, 5) is 6.77. The third-order valence-electron chi connectivity index (χ3n) is 3.77. The lowest BCUT2D eigenvalue weighted by atomic mass is 10.2. The molecule has 1 saturated heterocycles. The first kappa shape index (κ1) is 14.1. The van der Waals surface area contributed by atoms with E-state index in [1.54, 1.807) is 18.9 Å². The number of ether oxygens (including phenoxy) is 1. The molecule has 2 heterocycles. The zero-order valence-corrected chi connectivity index (χ0v) is 13.2. The van der Waals surface area contributed by atoms with E-state index in [1.807, 2.05) is 24.5 Å². The number of aromatic nitrogens is 2. The molecule has 6 heteroatoms. The SMILES string of the molecule is COc1ccc(N2CCN(n3ccnc3SC)CC2)cc1. The highest BCUT2D eigenvalue weighted by molar-refractivity contribution is 7.98. The first-order chi connectivity index (χ1) is 10.3. The Balaban J connectivity index is 1.64. The Morgan fingerprint density at radius 3 is 2.43 bits per heavy atom. The van der Waals surface area contributed by atoms with Crippen molar-refractivity contribution in [2.45, 2.75) is 5.16 Å². The van der Waals surface area contributed by atoms with Crippen molar-refractivity contribution in [3.8, 4) is 5.75 Å². The van der Waals surface area contributed by atoms with Crippen LogP contribution in [0.5, 0.6) is 5.75 Å². The molecule has 0 radical (unpaired) electrons. The van der Waals surface area contributed by atoms with Gasteiger partial charge in [-0.3, -0.25) is 0 Å². The van der Waals surface area contributed by atoms with E-state index in [9.17, 15) is 0 Å². The second kappa shape index (κ2) is 6.30. The van der Waals surface area contributed by atoms with Crippen LogP contribution in [0.2, 0.25) is 0 Å². The van der Waals surface area contributed by atoms with Gasteiger partial charge in [0.25, 0.3) is 0 Å². The zero-order chi connectivity index (χ0) is 14.7. The molecule has 0 spiro atoms. The summed E-state index contributed by atoms with van der Waals surface area (Å²) < 4.78 is 7.37. The maximum atomic E-state index is 5.21. The van der Waals surface area contributed by atoms with Crippen molar-refractivity contribution < 1.29 is 4.74 Å². The largest absolute Gasteiger partial charge is 0.497 e. The molecule has 0 saturated carbocycles. The van der Waals surface area contributed by atoms with Crippen molar-refractivity contribution in [1.29, 1.82) is 0 Å². The Hall–Kier alpha value is -1.82. The van der Waals surface area contributed by atoms with Gasteiger partial charge in [-0.15, -0.1) is 0 Å². The van der Waals surface area contributed by atoms with Crippen molar-refractivity contribution in [2.75, 3.05) is 49.5 Å². The summed E-state index contributed by atoms with van der Waals surface area (Å²) in [5, 5.41) is 3.40. The molecule has 1 fully saturated rings. The van der Waals surface area contributed by atoms with Crippen molar-refractivity contribution in [1.82, 2.24) is 9.66 Å². The monoisotopic (exact) mass is 304 g/mol. The summed E-state index contributed by atoms with van der Waals surface area (Å²) in [6.45, 7) is 4.02. The van der Waals surface area contributed by atoms with Gasteiger partial charge in [0.15, 0.2) is 5.16 Å². The first-order valence-electron chi connectivity index (χ1n) is 7.03. The molecular formula is C15H20N4OS. The molecule has 1 aliphatic heterocycles. The number of methoxy groups -OCH3 is 1. The summed E-state index contributed by atoms with van der Waals surface area (Å²) in [6, 6.07) is 8.28. The number of hydrogen-bond donors (Lipinski definition) is 0. The minimum absolute atomic E-state index is 0.903. The van der Waals surface area contributed by atoms with Crippen LogP contribution >= 0.6 is 11.8 Å². The van der Waals surface area contributed by atoms with Crippen LogP contribution in [0.3, 0.4) is 0 Å². The van der Waals surface area contributed by atoms with E-state index in [1.165, 1.54) is 5.69 Å². The second-order valence-electron chi connectivity index (χ2n) is 4.90. The Labute approximate surface area is 129 Å². The van der Waals surface area contributed by atoms with Crippen LogP contribution in [0.1, 0.15) is 0 Å². The van der Waals surface area contributed by atoms with Crippen LogP contribution < -0.4 is 14.6 Å². The van der Waals surface area contributed by atoms with Gasteiger partial charge in [-0.25, -0.2) is 9.66 Å². The van der Waals surface area contributed by atoms with Crippen LogP contribution in [0.4, 0.5) is 5.69 Å². The van der Waals surface area contributed by atoms with E-state index in [0.29, 0.717) is 0 Å². The number of thioether (sulfide) groups is 1. The van der Waals surface area contributed by atoms with Crippen molar-refractivity contribution in [2.24, 2.45) is 0 Å². The van der Waals surface area contributed by atoms with E-state index in [-0.39, 0.29) is 0 Å². The molecule has 21 heavy (non-hydrogen) atoms. The number of hydrogen-bond acceptors (Lipinski definition) is 5. The fraction of sp³-hybridized carbons (Fsp3) is 0.400. The molecule has 5 nitrogen and oxygen atoms in total. The third kappa shape index (κ3) is 2.95. The normalized spacial score (nSPS) is 15.3. The van der Waals surface area contributed by atoms with Gasteiger partial charge in [-0.1, -0.05) is 11.8 Å². The Kier molecular flexibility index (Phi) is 4.24. The minimum Gasteiger partial charge on any atom is -0.497 e. The highest BCUT2D eigenvalue weighted by Gasteiger charge is 2.19. The summed E-state index contributed by atoms with van der Waals surface area (Å²) in [5.74, 6) is 0.903. The quantitative estimate of drug-likeness (QED) is 0.808. The number of piperazine rings is 1. The Morgan fingerprint density at radius 2 is 1.81 bits per heavy atom. The van der Waals surface area contributed by atoms with Gasteiger partial charge in [0.2, 0.25) is 0 Å². The van der Waals surface area contributed by atoms with E-state index < -0.39 is 0 Å². The fourth-order valence-corrected chi connectivity index (χ4v) is 3.14. The van der Waals surface area contributed by atoms with Gasteiger partial charge in [0.05, 0.1) is 20.2 Å². The number of rotatable bonds is 4. The predicted octanol–water partition coefficient (Wildman–Crippen LogP) is 2.07. The van der Waals surface area contributed by atoms with E-state index >= 15 is 0 Å². The topological polar surface area (TPSA) is 33.5 Å². The molecule has 2 aromatic rings. The van der Waals surface area contributed by atoms with Gasteiger partial charge >= 0.3 is 0 Å². The van der Waals surface area contributed by atoms with Crippen LogP contribution in [0.25, 0.3) is 0 Å². The lowest BCUT2D eigenvalue weighted by molar-refractivity contribution is 0.414. The molecule has 112 valence electrons. The fourth-order valence-electron chi connectivity index (χ4n) is 2.61. The average Bonchev–Trinajstić information content (AvgIpc) is 3.04. The van der Waals surface area contributed by atoms with Crippen LogP contribution in [0, 0.1) is 0 Å². The lowest BCUT2D eigenvalue weighted by Crippen LogP contribution is -2.51. The molecular weight excluding hydrogens is 284 g/mol. The summed E-state index contributed by atoms with van der Waals surface area (Å²) >= 11 is 1.68. The van der Waals surface area contributed by atoms with Gasteiger partial charge in [0, 0.05) is 31.2 Å². The second-order valence-corrected chi connectivity index (χ2v) is 5.67. The molecule has 1 aromatic carbocycles. The number of nitrogens with zero attached hydrogens (tertiary/aromatic N) is 4. The van der Waals surface area contributed by atoms with Crippen molar-refractivity contribution in [3.05, 3.63) is 36.7 Å². The van der Waals surface area contributed by atoms with Gasteiger partial charge in [-0.2, -0.15) is 0 Å². The van der Waals surface area contributed by atoms with E-state index in [0.717, 1.165) is 37.1 Å². The molecule has 0 unspecified atom stereocenters. The molecule has 0 atom stereocenters. The number of imidazole rings is 1. The Morgan fingerprint density at radius 1 is 1.10 bits per heavy atom. The van der Waals surface area contributed by atoms with E-state index in [4.69, 9.17) is 4.74 Å². The standard InChI is InChI=1S/C15H20N4OS/c1-20-14-5-3-13(4-6-14)17-9-11-18(12-10-17)19-8-7-16-15(19)21-2/h3-8H,9-12H2,1-2H3. The van der Waals surface area contributed by atoms with Crippen LogP contribution in [-0.2, 0) is 0 Å². The summed E-state index contributed by atoms with van der Waals surface area (Å²) in [6.07, 6.45) is 5.96. The van der Waals surface area contributed by atoms with Crippen LogP contribution in [-0.4, -0.2) is 49.2 Å². The maximum Gasteiger partial charge on any atom is 0.186 e.